The Hall–Kier alpha value is -1.95. The predicted octanol–water partition coefficient (Wildman–Crippen LogP) is 2.25. The molecule has 0 bridgehead atoms. The molecule has 0 radical (unpaired) electrons. The number of carbonyl (C=O) groups excluding carboxylic acids is 1. The SMILES string of the molecule is O=C(O)COCCNC(=O)C1(c2ccc(F)cc2)CCCCC1. The molecule has 0 aromatic heterocycles. The highest BCUT2D eigenvalue weighted by molar-refractivity contribution is 5.88. The molecular formula is C17H22FNO4. The van der Waals surface area contributed by atoms with E-state index in [0.717, 1.165) is 37.7 Å². The third-order valence-electron chi connectivity index (χ3n) is 4.30. The summed E-state index contributed by atoms with van der Waals surface area (Å²) in [5.41, 5.74) is 0.209. The van der Waals surface area contributed by atoms with Gasteiger partial charge in [0.2, 0.25) is 5.91 Å². The molecule has 1 aliphatic carbocycles. The number of carboxylic acids is 1. The number of halogens is 1. The Bertz CT molecular complexity index is 538. The molecule has 0 atom stereocenters. The molecule has 0 heterocycles. The van der Waals surface area contributed by atoms with Crippen LogP contribution in [0.15, 0.2) is 24.3 Å². The maximum Gasteiger partial charge on any atom is 0.329 e. The first kappa shape index (κ1) is 17.4. The zero-order valence-corrected chi connectivity index (χ0v) is 13.0. The van der Waals surface area contributed by atoms with E-state index in [2.05, 4.69) is 5.32 Å². The van der Waals surface area contributed by atoms with Gasteiger partial charge in [0.25, 0.3) is 0 Å². The number of benzene rings is 1. The first-order valence-corrected chi connectivity index (χ1v) is 7.88. The number of hydrogen-bond donors (Lipinski definition) is 2. The highest BCUT2D eigenvalue weighted by atomic mass is 19.1. The van der Waals surface area contributed by atoms with Gasteiger partial charge in [0.05, 0.1) is 12.0 Å². The molecule has 5 nitrogen and oxygen atoms in total. The van der Waals surface area contributed by atoms with Crippen molar-refractivity contribution >= 4 is 11.9 Å². The molecule has 0 unspecified atom stereocenters. The van der Waals surface area contributed by atoms with Crippen molar-refractivity contribution in [1.29, 1.82) is 0 Å². The smallest absolute Gasteiger partial charge is 0.329 e. The maximum absolute atomic E-state index is 13.2. The van der Waals surface area contributed by atoms with Crippen LogP contribution in [0.1, 0.15) is 37.7 Å². The Morgan fingerprint density at radius 3 is 2.43 bits per heavy atom. The highest BCUT2D eigenvalue weighted by Gasteiger charge is 2.40. The lowest BCUT2D eigenvalue weighted by Crippen LogP contribution is -2.46. The van der Waals surface area contributed by atoms with E-state index < -0.39 is 11.4 Å². The molecule has 1 amide bonds. The summed E-state index contributed by atoms with van der Waals surface area (Å²) in [6.45, 7) is 0.0333. The van der Waals surface area contributed by atoms with Gasteiger partial charge in [-0.25, -0.2) is 9.18 Å². The number of hydrogen-bond acceptors (Lipinski definition) is 3. The van der Waals surface area contributed by atoms with Crippen LogP contribution in [0.25, 0.3) is 0 Å². The quantitative estimate of drug-likeness (QED) is 0.755. The summed E-state index contributed by atoms with van der Waals surface area (Å²) < 4.78 is 18.1. The number of rotatable bonds is 7. The fraction of sp³-hybridized carbons (Fsp3) is 0.529. The molecular weight excluding hydrogens is 301 g/mol. The summed E-state index contributed by atoms with van der Waals surface area (Å²) in [5, 5.41) is 11.3. The molecule has 0 aliphatic heterocycles. The lowest BCUT2D eigenvalue weighted by Gasteiger charge is -2.36. The van der Waals surface area contributed by atoms with Crippen molar-refractivity contribution in [3.8, 4) is 0 Å². The average molecular weight is 323 g/mol. The maximum atomic E-state index is 13.2. The topological polar surface area (TPSA) is 75.6 Å². The standard InChI is InChI=1S/C17H22FNO4/c18-14-6-4-13(5-7-14)17(8-2-1-3-9-17)16(22)19-10-11-23-12-15(20)21/h4-7H,1-3,8-12H2,(H,19,22)(H,20,21). The lowest BCUT2D eigenvalue weighted by atomic mass is 9.68. The Kier molecular flexibility index (Phi) is 6.10. The lowest BCUT2D eigenvalue weighted by molar-refractivity contribution is -0.142. The zero-order chi connectivity index (χ0) is 16.7. The van der Waals surface area contributed by atoms with Gasteiger partial charge in [-0.15, -0.1) is 0 Å². The van der Waals surface area contributed by atoms with Crippen LogP contribution in [0.5, 0.6) is 0 Å². The van der Waals surface area contributed by atoms with E-state index in [1.54, 1.807) is 12.1 Å². The van der Waals surface area contributed by atoms with Crippen LogP contribution in [0, 0.1) is 5.82 Å². The minimum atomic E-state index is -1.04. The highest BCUT2D eigenvalue weighted by Crippen LogP contribution is 2.39. The molecule has 1 aromatic rings. The van der Waals surface area contributed by atoms with Crippen LogP contribution in [-0.2, 0) is 19.7 Å². The van der Waals surface area contributed by atoms with E-state index in [4.69, 9.17) is 9.84 Å². The second-order valence-electron chi connectivity index (χ2n) is 5.85. The number of carboxylic acid groups (broad SMARTS) is 1. The van der Waals surface area contributed by atoms with Gasteiger partial charge in [0, 0.05) is 6.54 Å². The molecule has 126 valence electrons. The molecule has 1 fully saturated rings. The van der Waals surface area contributed by atoms with Crippen LogP contribution in [0.4, 0.5) is 4.39 Å². The fourth-order valence-electron chi connectivity index (χ4n) is 3.14. The van der Waals surface area contributed by atoms with Crippen molar-refractivity contribution in [2.24, 2.45) is 0 Å². The minimum Gasteiger partial charge on any atom is -0.480 e. The molecule has 6 heteroatoms. The van der Waals surface area contributed by atoms with Crippen LogP contribution in [-0.4, -0.2) is 36.7 Å². The van der Waals surface area contributed by atoms with Crippen molar-refractivity contribution in [3.05, 3.63) is 35.6 Å². The average Bonchev–Trinajstić information content (AvgIpc) is 2.55. The Balaban J connectivity index is 2.01. The molecule has 1 aliphatic rings. The Morgan fingerprint density at radius 1 is 1.17 bits per heavy atom. The Labute approximate surface area is 134 Å². The molecule has 2 rings (SSSR count). The summed E-state index contributed by atoms with van der Waals surface area (Å²) in [7, 11) is 0. The van der Waals surface area contributed by atoms with Gasteiger partial charge in [0.15, 0.2) is 0 Å². The van der Waals surface area contributed by atoms with E-state index in [1.807, 2.05) is 0 Å². The van der Waals surface area contributed by atoms with Crippen molar-refractivity contribution in [2.45, 2.75) is 37.5 Å². The van der Waals surface area contributed by atoms with Crippen molar-refractivity contribution in [1.82, 2.24) is 5.32 Å². The minimum absolute atomic E-state index is 0.0947. The molecule has 1 saturated carbocycles. The van der Waals surface area contributed by atoms with Crippen LogP contribution in [0.3, 0.4) is 0 Å². The first-order chi connectivity index (χ1) is 11.0. The summed E-state index contributed by atoms with van der Waals surface area (Å²) >= 11 is 0. The molecule has 1 aromatic carbocycles. The summed E-state index contributed by atoms with van der Waals surface area (Å²) in [6.07, 6.45) is 4.49. The normalized spacial score (nSPS) is 16.7. The number of carbonyl (C=O) groups is 2. The van der Waals surface area contributed by atoms with Gasteiger partial charge in [-0.1, -0.05) is 31.4 Å². The monoisotopic (exact) mass is 323 g/mol. The fourth-order valence-corrected chi connectivity index (χ4v) is 3.14. The molecule has 0 spiro atoms. The molecule has 0 saturated heterocycles. The van der Waals surface area contributed by atoms with Crippen molar-refractivity contribution < 1.29 is 23.8 Å². The molecule has 2 N–H and O–H groups in total. The van der Waals surface area contributed by atoms with E-state index in [0.29, 0.717) is 0 Å². The van der Waals surface area contributed by atoms with E-state index in [-0.39, 0.29) is 31.5 Å². The van der Waals surface area contributed by atoms with Gasteiger partial charge in [-0.2, -0.15) is 0 Å². The van der Waals surface area contributed by atoms with Gasteiger partial charge < -0.3 is 15.2 Å². The number of nitrogens with one attached hydrogen (secondary N) is 1. The van der Waals surface area contributed by atoms with Gasteiger partial charge in [0.1, 0.15) is 12.4 Å². The first-order valence-electron chi connectivity index (χ1n) is 7.88. The van der Waals surface area contributed by atoms with Crippen molar-refractivity contribution in [2.75, 3.05) is 19.8 Å². The van der Waals surface area contributed by atoms with E-state index in [9.17, 15) is 14.0 Å². The van der Waals surface area contributed by atoms with Gasteiger partial charge in [-0.3, -0.25) is 4.79 Å². The van der Waals surface area contributed by atoms with Crippen LogP contribution >= 0.6 is 0 Å². The molecule has 23 heavy (non-hydrogen) atoms. The van der Waals surface area contributed by atoms with Gasteiger partial charge >= 0.3 is 5.97 Å². The van der Waals surface area contributed by atoms with Gasteiger partial charge in [-0.05, 0) is 30.5 Å². The number of ether oxygens (including phenoxy) is 1. The van der Waals surface area contributed by atoms with Crippen LogP contribution < -0.4 is 5.32 Å². The van der Waals surface area contributed by atoms with E-state index >= 15 is 0 Å². The van der Waals surface area contributed by atoms with Crippen LogP contribution in [0.2, 0.25) is 0 Å². The Morgan fingerprint density at radius 2 is 1.83 bits per heavy atom. The largest absolute Gasteiger partial charge is 0.480 e. The summed E-state index contributed by atoms with van der Waals surface area (Å²) in [4.78, 5) is 23.1. The predicted molar refractivity (Wildman–Crippen MR) is 82.6 cm³/mol. The second kappa shape index (κ2) is 8.06. The third-order valence-corrected chi connectivity index (χ3v) is 4.30. The van der Waals surface area contributed by atoms with Crippen molar-refractivity contribution in [3.63, 3.8) is 0 Å². The number of amides is 1. The number of aliphatic carboxylic acids is 1. The third kappa shape index (κ3) is 4.51. The van der Waals surface area contributed by atoms with E-state index in [1.165, 1.54) is 12.1 Å². The zero-order valence-electron chi connectivity index (χ0n) is 13.0. The summed E-state index contributed by atoms with van der Waals surface area (Å²) in [6, 6.07) is 6.13. The second-order valence-corrected chi connectivity index (χ2v) is 5.85. The summed E-state index contributed by atoms with van der Waals surface area (Å²) in [5.74, 6) is -1.45.